The molecular formula is C22H21BrCl2N2O3. The maximum absolute atomic E-state index is 11.6. The van der Waals surface area contributed by atoms with Crippen LogP contribution in [-0.2, 0) is 16.1 Å². The summed E-state index contributed by atoms with van der Waals surface area (Å²) in [6, 6.07) is 11.2. The Morgan fingerprint density at radius 3 is 2.57 bits per heavy atom. The second-order valence-electron chi connectivity index (χ2n) is 7.55. The molecule has 8 heteroatoms. The standard InChI is InChI=1S/C22H21BrCl2N2O3/c1-29-21(28)16-4-2-15(3-5-16)19-12-22(30-26-19)6-8-27(9-7-22)13-14-10-17(23)20(25)18(24)11-14/h2-5,10-12,26H,6-9,13H2,1H3. The van der Waals surface area contributed by atoms with Crippen LogP contribution in [0.1, 0.15) is 34.3 Å². The summed E-state index contributed by atoms with van der Waals surface area (Å²) in [6.45, 7) is 2.62. The van der Waals surface area contributed by atoms with E-state index >= 15 is 0 Å². The molecule has 1 saturated heterocycles. The maximum Gasteiger partial charge on any atom is 0.337 e. The Bertz CT molecular complexity index is 963. The first-order chi connectivity index (χ1) is 14.4. The third-order valence-electron chi connectivity index (χ3n) is 5.54. The Kier molecular flexibility index (Phi) is 6.42. The quantitative estimate of drug-likeness (QED) is 0.436. The number of methoxy groups -OCH3 is 1. The number of nitrogens with one attached hydrogen (secondary N) is 1. The number of hydrogen-bond acceptors (Lipinski definition) is 5. The highest BCUT2D eigenvalue weighted by Crippen LogP contribution is 2.36. The van der Waals surface area contributed by atoms with Gasteiger partial charge in [-0.15, -0.1) is 0 Å². The van der Waals surface area contributed by atoms with Crippen LogP contribution in [0.4, 0.5) is 0 Å². The number of carbonyl (C=O) groups is 1. The van der Waals surface area contributed by atoms with Crippen molar-refractivity contribution in [3.63, 3.8) is 0 Å². The van der Waals surface area contributed by atoms with Crippen molar-refractivity contribution in [1.82, 2.24) is 10.4 Å². The number of piperidine rings is 1. The maximum atomic E-state index is 11.6. The highest BCUT2D eigenvalue weighted by molar-refractivity contribution is 9.10. The van der Waals surface area contributed by atoms with Gasteiger partial charge in [0.1, 0.15) is 5.60 Å². The summed E-state index contributed by atoms with van der Waals surface area (Å²) in [4.78, 5) is 20.0. The van der Waals surface area contributed by atoms with Crippen LogP contribution in [0.3, 0.4) is 0 Å². The largest absolute Gasteiger partial charge is 0.465 e. The topological polar surface area (TPSA) is 50.8 Å². The summed E-state index contributed by atoms with van der Waals surface area (Å²) in [5.41, 5.74) is 6.30. The molecular weight excluding hydrogens is 491 g/mol. The van der Waals surface area contributed by atoms with Crippen LogP contribution < -0.4 is 5.48 Å². The summed E-state index contributed by atoms with van der Waals surface area (Å²) in [7, 11) is 1.38. The molecule has 2 aliphatic heterocycles. The van der Waals surface area contributed by atoms with Crippen LogP contribution >= 0.6 is 39.1 Å². The van der Waals surface area contributed by atoms with Crippen LogP contribution in [0.2, 0.25) is 10.0 Å². The van der Waals surface area contributed by atoms with Gasteiger partial charge in [0.2, 0.25) is 0 Å². The third kappa shape index (κ3) is 4.53. The first-order valence-corrected chi connectivity index (χ1v) is 11.2. The van der Waals surface area contributed by atoms with E-state index in [1.807, 2.05) is 24.3 Å². The van der Waals surface area contributed by atoms with Gasteiger partial charge in [0.25, 0.3) is 0 Å². The van der Waals surface area contributed by atoms with Gasteiger partial charge in [-0.25, -0.2) is 4.79 Å². The fraction of sp³-hybridized carbons (Fsp3) is 0.318. The third-order valence-corrected chi connectivity index (χ3v) is 7.20. The van der Waals surface area contributed by atoms with Gasteiger partial charge in [0.15, 0.2) is 0 Å². The van der Waals surface area contributed by atoms with Crippen molar-refractivity contribution in [3.8, 4) is 0 Å². The number of carbonyl (C=O) groups excluding carboxylic acids is 1. The zero-order valence-corrected chi connectivity index (χ0v) is 19.5. The molecule has 0 atom stereocenters. The zero-order chi connectivity index (χ0) is 21.3. The number of ether oxygens (including phenoxy) is 1. The van der Waals surface area contributed by atoms with Crippen molar-refractivity contribution >= 4 is 50.8 Å². The lowest BCUT2D eigenvalue weighted by atomic mass is 9.90. The van der Waals surface area contributed by atoms with Gasteiger partial charge in [-0.3, -0.25) is 15.2 Å². The molecule has 0 radical (unpaired) electrons. The molecule has 2 aromatic carbocycles. The molecule has 0 saturated carbocycles. The van der Waals surface area contributed by atoms with E-state index in [1.165, 1.54) is 7.11 Å². The van der Waals surface area contributed by atoms with Crippen LogP contribution in [0.15, 0.2) is 46.9 Å². The Balaban J connectivity index is 1.40. The smallest absolute Gasteiger partial charge is 0.337 e. The Morgan fingerprint density at radius 1 is 1.23 bits per heavy atom. The number of nitrogens with zero attached hydrogens (tertiary/aromatic N) is 1. The lowest BCUT2D eigenvalue weighted by molar-refractivity contribution is -0.0703. The van der Waals surface area contributed by atoms with E-state index in [2.05, 4.69) is 32.4 Å². The molecule has 2 aliphatic rings. The highest BCUT2D eigenvalue weighted by Gasteiger charge is 2.38. The van der Waals surface area contributed by atoms with E-state index in [0.29, 0.717) is 15.6 Å². The number of hydroxylamine groups is 1. The summed E-state index contributed by atoms with van der Waals surface area (Å²) in [5.74, 6) is -0.344. The summed E-state index contributed by atoms with van der Waals surface area (Å²) >= 11 is 15.8. The summed E-state index contributed by atoms with van der Waals surface area (Å²) < 4.78 is 5.56. The van der Waals surface area contributed by atoms with E-state index in [-0.39, 0.29) is 11.6 Å². The number of hydrogen-bond donors (Lipinski definition) is 1. The predicted molar refractivity (Wildman–Crippen MR) is 121 cm³/mol. The van der Waals surface area contributed by atoms with E-state index in [0.717, 1.165) is 53.8 Å². The molecule has 2 aromatic rings. The van der Waals surface area contributed by atoms with Crippen molar-refractivity contribution in [2.45, 2.75) is 25.0 Å². The molecule has 0 bridgehead atoms. The van der Waals surface area contributed by atoms with Gasteiger partial charge in [-0.1, -0.05) is 35.3 Å². The number of rotatable bonds is 4. The fourth-order valence-electron chi connectivity index (χ4n) is 3.82. The van der Waals surface area contributed by atoms with E-state index in [9.17, 15) is 4.79 Å². The molecule has 0 aromatic heterocycles. The first kappa shape index (κ1) is 21.7. The van der Waals surface area contributed by atoms with Gasteiger partial charge in [-0.2, -0.15) is 0 Å². The zero-order valence-electron chi connectivity index (χ0n) is 16.4. The van der Waals surface area contributed by atoms with E-state index < -0.39 is 0 Å². The minimum absolute atomic E-state index is 0.314. The average molecular weight is 512 g/mol. The Morgan fingerprint density at radius 2 is 1.93 bits per heavy atom. The van der Waals surface area contributed by atoms with Crippen molar-refractivity contribution < 1.29 is 14.4 Å². The van der Waals surface area contributed by atoms with Crippen LogP contribution in [0, 0.1) is 0 Å². The second-order valence-corrected chi connectivity index (χ2v) is 9.18. The van der Waals surface area contributed by atoms with Gasteiger partial charge >= 0.3 is 5.97 Å². The molecule has 30 heavy (non-hydrogen) atoms. The molecule has 2 heterocycles. The molecule has 1 N–H and O–H groups in total. The fourth-order valence-corrected chi connectivity index (χ4v) is 4.79. The molecule has 0 unspecified atom stereocenters. The Hall–Kier alpha value is -1.57. The van der Waals surface area contributed by atoms with Crippen LogP contribution in [-0.4, -0.2) is 36.7 Å². The second kappa shape index (κ2) is 8.89. The van der Waals surface area contributed by atoms with E-state index in [1.54, 1.807) is 12.1 Å². The predicted octanol–water partition coefficient (Wildman–Crippen LogP) is 5.45. The lowest BCUT2D eigenvalue weighted by Gasteiger charge is -2.36. The molecule has 158 valence electrons. The summed E-state index contributed by atoms with van der Waals surface area (Å²) in [6.07, 6.45) is 3.92. The van der Waals surface area contributed by atoms with Crippen LogP contribution in [0.25, 0.3) is 5.70 Å². The average Bonchev–Trinajstić information content (AvgIpc) is 3.17. The van der Waals surface area contributed by atoms with Gasteiger partial charge in [0.05, 0.1) is 28.4 Å². The number of esters is 1. The van der Waals surface area contributed by atoms with Crippen molar-refractivity contribution in [2.75, 3.05) is 20.2 Å². The van der Waals surface area contributed by atoms with Crippen molar-refractivity contribution in [3.05, 3.63) is 73.7 Å². The van der Waals surface area contributed by atoms with Gasteiger partial charge in [-0.05, 0) is 70.2 Å². The highest BCUT2D eigenvalue weighted by atomic mass is 79.9. The van der Waals surface area contributed by atoms with Crippen molar-refractivity contribution in [1.29, 1.82) is 0 Å². The monoisotopic (exact) mass is 510 g/mol. The normalized spacial score (nSPS) is 18.2. The molecule has 0 aliphatic carbocycles. The van der Waals surface area contributed by atoms with Gasteiger partial charge in [0, 0.05) is 24.1 Å². The summed E-state index contributed by atoms with van der Waals surface area (Å²) in [5, 5.41) is 1.10. The first-order valence-electron chi connectivity index (χ1n) is 9.60. The number of benzene rings is 2. The molecule has 4 rings (SSSR count). The molecule has 1 fully saturated rings. The van der Waals surface area contributed by atoms with Crippen LogP contribution in [0.5, 0.6) is 0 Å². The lowest BCUT2D eigenvalue weighted by Crippen LogP contribution is -2.44. The SMILES string of the molecule is COC(=O)c1ccc(C2=CC3(CCN(Cc4cc(Cl)c(Cl)c(Br)c4)CC3)ON2)cc1. The van der Waals surface area contributed by atoms with Crippen molar-refractivity contribution in [2.24, 2.45) is 0 Å². The molecule has 5 nitrogen and oxygen atoms in total. The minimum Gasteiger partial charge on any atom is -0.465 e. The minimum atomic E-state index is -0.344. The molecule has 0 amide bonds. The molecule has 1 spiro atoms. The number of likely N-dealkylation sites (tertiary alicyclic amines) is 1. The van der Waals surface area contributed by atoms with E-state index in [4.69, 9.17) is 32.8 Å². The Labute approximate surface area is 194 Å². The van der Waals surface area contributed by atoms with Gasteiger partial charge < -0.3 is 4.74 Å². The number of halogens is 3.